The Morgan fingerprint density at radius 1 is 1.24 bits per heavy atom. The number of hydrogen-bond acceptors (Lipinski definition) is 6. The number of nitrogens with zero attached hydrogens (tertiary/aromatic N) is 3. The Bertz CT molecular complexity index is 959. The molecule has 2 aromatic rings. The maximum atomic E-state index is 13.0. The van der Waals surface area contributed by atoms with Crippen LogP contribution < -0.4 is 10.1 Å². The number of H-pyrrole nitrogens is 1. The maximum absolute atomic E-state index is 13.0. The van der Waals surface area contributed by atoms with Gasteiger partial charge in [0.25, 0.3) is 5.91 Å². The van der Waals surface area contributed by atoms with Gasteiger partial charge >= 0.3 is 0 Å². The zero-order chi connectivity index (χ0) is 24.0. The normalized spacial score (nSPS) is 14.9. The molecule has 10 heteroatoms. The number of piperidine rings is 1. The molecule has 3 heterocycles. The first-order valence-electron chi connectivity index (χ1n) is 11.2. The molecule has 1 aliphatic heterocycles. The number of pyridine rings is 1. The van der Waals surface area contributed by atoms with Gasteiger partial charge in [0, 0.05) is 44.3 Å². The Morgan fingerprint density at radius 3 is 2.55 bits per heavy atom. The lowest BCUT2D eigenvalue weighted by molar-refractivity contribution is -0.128. The van der Waals surface area contributed by atoms with E-state index in [4.69, 9.17) is 21.1 Å². The molecule has 0 atom stereocenters. The SMILES string of the molecule is CCC(CC)(CNC(=O)C1CCN(C(=O)c2cc(-c3cc(OC)ncc3Cl)[nH]n2)CC1)OC. The van der Waals surface area contributed by atoms with Crippen molar-refractivity contribution in [2.75, 3.05) is 33.9 Å². The number of likely N-dealkylation sites (tertiary alicyclic amines) is 1. The van der Waals surface area contributed by atoms with Crippen LogP contribution in [0, 0.1) is 5.92 Å². The smallest absolute Gasteiger partial charge is 0.274 e. The van der Waals surface area contributed by atoms with E-state index in [-0.39, 0.29) is 23.3 Å². The van der Waals surface area contributed by atoms with Gasteiger partial charge in [-0.2, -0.15) is 5.10 Å². The molecule has 0 aliphatic carbocycles. The fraction of sp³-hybridized carbons (Fsp3) is 0.565. The van der Waals surface area contributed by atoms with Crippen LogP contribution in [0.25, 0.3) is 11.3 Å². The molecule has 0 spiro atoms. The first-order valence-corrected chi connectivity index (χ1v) is 11.6. The number of rotatable bonds is 9. The average molecular weight is 478 g/mol. The minimum atomic E-state index is -0.328. The molecule has 1 aliphatic rings. The van der Waals surface area contributed by atoms with Crippen molar-refractivity contribution in [2.45, 2.75) is 45.1 Å². The van der Waals surface area contributed by atoms with Crippen LogP contribution in [0.5, 0.6) is 5.88 Å². The molecule has 2 N–H and O–H groups in total. The zero-order valence-electron chi connectivity index (χ0n) is 19.6. The molecule has 1 saturated heterocycles. The Balaban J connectivity index is 1.57. The predicted molar refractivity (Wildman–Crippen MR) is 125 cm³/mol. The van der Waals surface area contributed by atoms with Crippen LogP contribution in [0.3, 0.4) is 0 Å². The number of halogens is 1. The Labute approximate surface area is 199 Å². The average Bonchev–Trinajstić information content (AvgIpc) is 3.35. The lowest BCUT2D eigenvalue weighted by Crippen LogP contribution is -2.48. The highest BCUT2D eigenvalue weighted by Gasteiger charge is 2.31. The second kappa shape index (κ2) is 11.0. The van der Waals surface area contributed by atoms with Gasteiger partial charge in [-0.05, 0) is 31.7 Å². The van der Waals surface area contributed by atoms with Gasteiger partial charge < -0.3 is 19.7 Å². The summed E-state index contributed by atoms with van der Waals surface area (Å²) in [6.07, 6.45) is 4.37. The number of ether oxygens (including phenoxy) is 2. The van der Waals surface area contributed by atoms with Gasteiger partial charge in [-0.1, -0.05) is 25.4 Å². The monoisotopic (exact) mass is 477 g/mol. The van der Waals surface area contributed by atoms with Gasteiger partial charge in [0.05, 0.1) is 29.6 Å². The summed E-state index contributed by atoms with van der Waals surface area (Å²) in [5, 5.41) is 10.5. The highest BCUT2D eigenvalue weighted by molar-refractivity contribution is 6.33. The van der Waals surface area contributed by atoms with E-state index in [1.54, 1.807) is 24.1 Å². The summed E-state index contributed by atoms with van der Waals surface area (Å²) in [6.45, 7) is 5.61. The van der Waals surface area contributed by atoms with Gasteiger partial charge in [0.15, 0.2) is 5.69 Å². The summed E-state index contributed by atoms with van der Waals surface area (Å²) in [7, 11) is 3.20. The Hall–Kier alpha value is -2.65. The van der Waals surface area contributed by atoms with Gasteiger partial charge in [-0.3, -0.25) is 14.7 Å². The van der Waals surface area contributed by atoms with Crippen LogP contribution in [-0.2, 0) is 9.53 Å². The van der Waals surface area contributed by atoms with Crippen molar-refractivity contribution < 1.29 is 19.1 Å². The van der Waals surface area contributed by atoms with E-state index in [1.165, 1.54) is 13.3 Å². The third-order valence-corrected chi connectivity index (χ3v) is 6.89. The molecule has 9 nitrogen and oxygen atoms in total. The third-order valence-electron chi connectivity index (χ3n) is 6.59. The van der Waals surface area contributed by atoms with Crippen LogP contribution in [0.2, 0.25) is 5.02 Å². The topological polar surface area (TPSA) is 109 Å². The summed E-state index contributed by atoms with van der Waals surface area (Å²) < 4.78 is 10.8. The highest BCUT2D eigenvalue weighted by atomic mass is 35.5. The number of nitrogens with one attached hydrogen (secondary N) is 2. The summed E-state index contributed by atoms with van der Waals surface area (Å²) in [5.74, 6) is 0.144. The summed E-state index contributed by atoms with van der Waals surface area (Å²) in [5.41, 5.74) is 1.23. The van der Waals surface area contributed by atoms with Crippen molar-refractivity contribution in [3.05, 3.63) is 29.0 Å². The molecule has 180 valence electrons. The lowest BCUT2D eigenvalue weighted by Gasteiger charge is -2.33. The summed E-state index contributed by atoms with van der Waals surface area (Å²) >= 11 is 6.25. The zero-order valence-corrected chi connectivity index (χ0v) is 20.4. The first kappa shape index (κ1) is 25.0. The Morgan fingerprint density at radius 2 is 1.94 bits per heavy atom. The van der Waals surface area contributed by atoms with E-state index in [1.807, 2.05) is 0 Å². The maximum Gasteiger partial charge on any atom is 0.274 e. The third kappa shape index (κ3) is 5.65. The number of hydrogen-bond donors (Lipinski definition) is 2. The van der Waals surface area contributed by atoms with Gasteiger partial charge in [0.2, 0.25) is 11.8 Å². The van der Waals surface area contributed by atoms with E-state index in [2.05, 4.69) is 34.3 Å². The second-order valence-electron chi connectivity index (χ2n) is 8.25. The molecule has 33 heavy (non-hydrogen) atoms. The van der Waals surface area contributed by atoms with E-state index >= 15 is 0 Å². The van der Waals surface area contributed by atoms with Crippen molar-refractivity contribution in [1.82, 2.24) is 25.4 Å². The first-order chi connectivity index (χ1) is 15.9. The van der Waals surface area contributed by atoms with E-state index < -0.39 is 0 Å². The van der Waals surface area contributed by atoms with E-state index in [0.717, 1.165) is 12.8 Å². The minimum absolute atomic E-state index is 0.0220. The van der Waals surface area contributed by atoms with Crippen LogP contribution in [0.1, 0.15) is 50.0 Å². The molecule has 0 bridgehead atoms. The van der Waals surface area contributed by atoms with Crippen LogP contribution in [0.15, 0.2) is 18.3 Å². The largest absolute Gasteiger partial charge is 0.481 e. The fourth-order valence-electron chi connectivity index (χ4n) is 4.07. The standard InChI is InChI=1S/C23H32ClN5O4/c1-5-23(6-2,33-4)14-26-21(30)15-7-9-29(10-8-15)22(31)19-12-18(27-28-19)16-11-20(32-3)25-13-17(16)24/h11-13,15H,5-10,14H2,1-4H3,(H,26,30)(H,27,28). The summed E-state index contributed by atoms with van der Waals surface area (Å²) in [6, 6.07) is 3.35. The van der Waals surface area contributed by atoms with Crippen LogP contribution >= 0.6 is 11.6 Å². The molecule has 0 unspecified atom stereocenters. The quantitative estimate of drug-likeness (QED) is 0.573. The molecule has 2 aromatic heterocycles. The highest BCUT2D eigenvalue weighted by Crippen LogP contribution is 2.29. The number of aromatic nitrogens is 3. The number of carbonyl (C=O) groups excluding carboxylic acids is 2. The van der Waals surface area contributed by atoms with Gasteiger partial charge in [-0.15, -0.1) is 0 Å². The van der Waals surface area contributed by atoms with Crippen molar-refractivity contribution >= 4 is 23.4 Å². The molecule has 1 fully saturated rings. The molecule has 0 aromatic carbocycles. The second-order valence-corrected chi connectivity index (χ2v) is 8.66. The number of carbonyl (C=O) groups is 2. The minimum Gasteiger partial charge on any atom is -0.481 e. The molecule has 2 amide bonds. The predicted octanol–water partition coefficient (Wildman–Crippen LogP) is 3.31. The fourth-order valence-corrected chi connectivity index (χ4v) is 4.27. The van der Waals surface area contributed by atoms with E-state index in [9.17, 15) is 9.59 Å². The Kier molecular flexibility index (Phi) is 8.31. The number of amides is 2. The molecular formula is C23H32ClN5O4. The van der Waals surface area contributed by atoms with Crippen molar-refractivity contribution in [2.24, 2.45) is 5.92 Å². The lowest BCUT2D eigenvalue weighted by atomic mass is 9.93. The van der Waals surface area contributed by atoms with E-state index in [0.29, 0.717) is 60.3 Å². The van der Waals surface area contributed by atoms with Crippen molar-refractivity contribution in [3.63, 3.8) is 0 Å². The van der Waals surface area contributed by atoms with Crippen LogP contribution in [0.4, 0.5) is 0 Å². The van der Waals surface area contributed by atoms with Crippen molar-refractivity contribution in [3.8, 4) is 17.1 Å². The summed E-state index contributed by atoms with van der Waals surface area (Å²) in [4.78, 5) is 31.4. The number of methoxy groups -OCH3 is 2. The van der Waals surface area contributed by atoms with Gasteiger partial charge in [0.1, 0.15) is 0 Å². The molecular weight excluding hydrogens is 446 g/mol. The van der Waals surface area contributed by atoms with Crippen LogP contribution in [-0.4, -0.2) is 71.4 Å². The number of aromatic amines is 1. The molecule has 0 radical (unpaired) electrons. The van der Waals surface area contributed by atoms with Crippen molar-refractivity contribution in [1.29, 1.82) is 0 Å². The molecule has 3 rings (SSSR count). The van der Waals surface area contributed by atoms with Gasteiger partial charge in [-0.25, -0.2) is 4.98 Å². The molecule has 0 saturated carbocycles.